The lowest BCUT2D eigenvalue weighted by Gasteiger charge is -2.26. The Kier molecular flexibility index (Phi) is 4.71. The van der Waals surface area contributed by atoms with E-state index in [1.807, 2.05) is 6.92 Å². The maximum atomic E-state index is 13.2. The van der Waals surface area contributed by atoms with Crippen LogP contribution in [0.3, 0.4) is 0 Å². The molecule has 122 valence electrons. The molecule has 0 bridgehead atoms. The maximum absolute atomic E-state index is 13.2. The Hall–Kier alpha value is -2.21. The number of nitrogens with one attached hydrogen (secondary N) is 1. The molecule has 3 unspecified atom stereocenters. The standard InChI is InChI=1S/C17H20FN3O2/c1-12(21-9-8-19-11-21)17(22)20-16(15-3-2-10-23-15)13-4-6-14(18)7-5-13/h4-9,11-12,15-16H,2-3,10H2,1H3,(H,20,22). The zero-order valence-corrected chi connectivity index (χ0v) is 13.0. The highest BCUT2D eigenvalue weighted by molar-refractivity contribution is 5.80. The first-order valence-corrected chi connectivity index (χ1v) is 7.80. The molecular formula is C17H20FN3O2. The van der Waals surface area contributed by atoms with Gasteiger partial charge >= 0.3 is 0 Å². The lowest BCUT2D eigenvalue weighted by Crippen LogP contribution is -2.39. The summed E-state index contributed by atoms with van der Waals surface area (Å²) in [7, 11) is 0. The van der Waals surface area contributed by atoms with E-state index in [1.54, 1.807) is 35.4 Å². The number of hydrogen-bond acceptors (Lipinski definition) is 3. The number of aromatic nitrogens is 2. The maximum Gasteiger partial charge on any atom is 0.243 e. The van der Waals surface area contributed by atoms with E-state index in [1.165, 1.54) is 12.1 Å². The molecule has 1 aromatic heterocycles. The third kappa shape index (κ3) is 3.59. The number of benzene rings is 1. The van der Waals surface area contributed by atoms with Crippen LogP contribution in [0.5, 0.6) is 0 Å². The lowest BCUT2D eigenvalue weighted by molar-refractivity contribution is -0.125. The first-order chi connectivity index (χ1) is 11.1. The van der Waals surface area contributed by atoms with E-state index >= 15 is 0 Å². The predicted octanol–water partition coefficient (Wildman–Crippen LogP) is 2.62. The summed E-state index contributed by atoms with van der Waals surface area (Å²) in [5.41, 5.74) is 0.851. The van der Waals surface area contributed by atoms with Crippen molar-refractivity contribution in [3.63, 3.8) is 0 Å². The fraction of sp³-hybridized carbons (Fsp3) is 0.412. The van der Waals surface area contributed by atoms with E-state index in [4.69, 9.17) is 4.74 Å². The molecule has 3 rings (SSSR count). The summed E-state index contributed by atoms with van der Waals surface area (Å²) in [6, 6.07) is 5.55. The van der Waals surface area contributed by atoms with Gasteiger partial charge in [-0.15, -0.1) is 0 Å². The predicted molar refractivity (Wildman–Crippen MR) is 83.2 cm³/mol. The topological polar surface area (TPSA) is 56.1 Å². The summed E-state index contributed by atoms with van der Waals surface area (Å²) in [5, 5.41) is 3.05. The number of carbonyl (C=O) groups is 1. The van der Waals surface area contributed by atoms with Gasteiger partial charge in [0.15, 0.2) is 0 Å². The van der Waals surface area contributed by atoms with Crippen LogP contribution in [0, 0.1) is 5.82 Å². The first kappa shape index (κ1) is 15.7. The smallest absolute Gasteiger partial charge is 0.243 e. The summed E-state index contributed by atoms with van der Waals surface area (Å²) < 4.78 is 20.7. The van der Waals surface area contributed by atoms with Crippen LogP contribution in [0.4, 0.5) is 4.39 Å². The summed E-state index contributed by atoms with van der Waals surface area (Å²) in [4.78, 5) is 16.5. The first-order valence-electron chi connectivity index (χ1n) is 7.80. The molecule has 1 aliphatic rings. The quantitative estimate of drug-likeness (QED) is 0.922. The number of ether oxygens (including phenoxy) is 1. The Labute approximate surface area is 134 Å². The van der Waals surface area contributed by atoms with Crippen molar-refractivity contribution >= 4 is 5.91 Å². The van der Waals surface area contributed by atoms with Gasteiger partial charge in [0.1, 0.15) is 11.9 Å². The molecule has 0 aliphatic carbocycles. The van der Waals surface area contributed by atoms with Crippen molar-refractivity contribution in [3.8, 4) is 0 Å². The SMILES string of the molecule is CC(C(=O)NC(c1ccc(F)cc1)C1CCCO1)n1ccnc1. The lowest BCUT2D eigenvalue weighted by atomic mass is 9.99. The van der Waals surface area contributed by atoms with Crippen molar-refractivity contribution in [2.75, 3.05) is 6.61 Å². The minimum absolute atomic E-state index is 0.0839. The van der Waals surface area contributed by atoms with E-state index in [-0.39, 0.29) is 29.9 Å². The molecule has 23 heavy (non-hydrogen) atoms. The average molecular weight is 317 g/mol. The van der Waals surface area contributed by atoms with Gasteiger partial charge in [-0.1, -0.05) is 12.1 Å². The number of nitrogens with zero attached hydrogens (tertiary/aromatic N) is 2. The van der Waals surface area contributed by atoms with E-state index in [0.29, 0.717) is 6.61 Å². The Morgan fingerprint density at radius 2 is 2.22 bits per heavy atom. The van der Waals surface area contributed by atoms with E-state index in [2.05, 4.69) is 10.3 Å². The third-order valence-corrected chi connectivity index (χ3v) is 4.22. The number of imidazole rings is 1. The molecule has 2 aromatic rings. The molecular weight excluding hydrogens is 297 g/mol. The summed E-state index contributed by atoms with van der Waals surface area (Å²) in [6.45, 7) is 2.50. The zero-order chi connectivity index (χ0) is 16.2. The molecule has 0 radical (unpaired) electrons. The Bertz CT molecular complexity index is 636. The zero-order valence-electron chi connectivity index (χ0n) is 13.0. The van der Waals surface area contributed by atoms with Gasteiger partial charge in [-0.2, -0.15) is 0 Å². The molecule has 0 spiro atoms. The van der Waals surface area contributed by atoms with Crippen molar-refractivity contribution in [2.24, 2.45) is 0 Å². The third-order valence-electron chi connectivity index (χ3n) is 4.22. The van der Waals surface area contributed by atoms with Crippen LogP contribution < -0.4 is 5.32 Å². The molecule has 1 amide bonds. The van der Waals surface area contributed by atoms with Crippen LogP contribution >= 0.6 is 0 Å². The molecule has 1 N–H and O–H groups in total. The van der Waals surface area contributed by atoms with Crippen molar-refractivity contribution in [1.82, 2.24) is 14.9 Å². The van der Waals surface area contributed by atoms with E-state index < -0.39 is 0 Å². The van der Waals surface area contributed by atoms with Gasteiger partial charge in [0.25, 0.3) is 0 Å². The number of rotatable bonds is 5. The summed E-state index contributed by atoms with van der Waals surface area (Å²) in [6.07, 6.45) is 6.77. The van der Waals surface area contributed by atoms with Crippen LogP contribution in [-0.4, -0.2) is 28.2 Å². The molecule has 1 fully saturated rings. The van der Waals surface area contributed by atoms with Gasteiger partial charge in [0, 0.05) is 19.0 Å². The normalized spacial score (nSPS) is 20.2. The monoisotopic (exact) mass is 317 g/mol. The fourth-order valence-corrected chi connectivity index (χ4v) is 2.83. The average Bonchev–Trinajstić information content (AvgIpc) is 3.26. The highest BCUT2D eigenvalue weighted by Gasteiger charge is 2.30. The van der Waals surface area contributed by atoms with Crippen LogP contribution in [0.15, 0.2) is 43.0 Å². The molecule has 1 aromatic carbocycles. The van der Waals surface area contributed by atoms with Gasteiger partial charge in [0.2, 0.25) is 5.91 Å². The number of amides is 1. The van der Waals surface area contributed by atoms with Crippen LogP contribution in [0.2, 0.25) is 0 Å². The van der Waals surface area contributed by atoms with Crippen LogP contribution in [0.25, 0.3) is 0 Å². The Morgan fingerprint density at radius 3 is 2.83 bits per heavy atom. The van der Waals surface area contributed by atoms with Crippen LogP contribution in [0.1, 0.15) is 37.4 Å². The van der Waals surface area contributed by atoms with Crippen molar-refractivity contribution in [3.05, 3.63) is 54.4 Å². The molecule has 2 heterocycles. The second-order valence-corrected chi connectivity index (χ2v) is 5.78. The minimum atomic E-state index is -0.373. The van der Waals surface area contributed by atoms with Crippen molar-refractivity contribution in [1.29, 1.82) is 0 Å². The number of carbonyl (C=O) groups excluding carboxylic acids is 1. The van der Waals surface area contributed by atoms with Crippen molar-refractivity contribution in [2.45, 2.75) is 38.0 Å². The molecule has 3 atom stereocenters. The fourth-order valence-electron chi connectivity index (χ4n) is 2.83. The minimum Gasteiger partial charge on any atom is -0.376 e. The second-order valence-electron chi connectivity index (χ2n) is 5.78. The van der Waals surface area contributed by atoms with Gasteiger partial charge in [-0.3, -0.25) is 4.79 Å². The van der Waals surface area contributed by atoms with Gasteiger partial charge in [-0.25, -0.2) is 9.37 Å². The summed E-state index contributed by atoms with van der Waals surface area (Å²) in [5.74, 6) is -0.411. The van der Waals surface area contributed by atoms with Gasteiger partial charge in [0.05, 0.1) is 18.5 Å². The molecule has 1 aliphatic heterocycles. The summed E-state index contributed by atoms with van der Waals surface area (Å²) >= 11 is 0. The van der Waals surface area contributed by atoms with Gasteiger partial charge < -0.3 is 14.6 Å². The molecule has 0 saturated carbocycles. The van der Waals surface area contributed by atoms with E-state index in [0.717, 1.165) is 18.4 Å². The Balaban J connectivity index is 1.78. The second kappa shape index (κ2) is 6.91. The Morgan fingerprint density at radius 1 is 1.43 bits per heavy atom. The number of hydrogen-bond donors (Lipinski definition) is 1. The van der Waals surface area contributed by atoms with Crippen molar-refractivity contribution < 1.29 is 13.9 Å². The van der Waals surface area contributed by atoms with Gasteiger partial charge in [-0.05, 0) is 37.5 Å². The highest BCUT2D eigenvalue weighted by atomic mass is 19.1. The number of halogens is 1. The van der Waals surface area contributed by atoms with Crippen LogP contribution in [-0.2, 0) is 9.53 Å². The molecule has 1 saturated heterocycles. The largest absolute Gasteiger partial charge is 0.376 e. The van der Waals surface area contributed by atoms with E-state index in [9.17, 15) is 9.18 Å². The molecule has 6 heteroatoms. The highest BCUT2D eigenvalue weighted by Crippen LogP contribution is 2.27. The molecule has 5 nitrogen and oxygen atoms in total.